The minimum Gasteiger partial charge on any atom is -0.383 e. The number of likely N-dealkylation sites (tertiary alicyclic amines) is 1. The number of nitrogens with one attached hydrogen (secondary N) is 1. The third-order valence-corrected chi connectivity index (χ3v) is 6.69. The van der Waals surface area contributed by atoms with Gasteiger partial charge in [-0.15, -0.1) is 0 Å². The van der Waals surface area contributed by atoms with Gasteiger partial charge in [-0.1, -0.05) is 6.92 Å². The fourth-order valence-electron chi connectivity index (χ4n) is 5.11. The van der Waals surface area contributed by atoms with Crippen LogP contribution in [0.5, 0.6) is 0 Å². The molecule has 0 radical (unpaired) electrons. The molecular formula is C21H24F3N7. The summed E-state index contributed by atoms with van der Waals surface area (Å²) < 4.78 is 41.7. The SMILES string of the molecule is CCC(c1ncc[nH]1)N1CC[C@]2(CCn3nc(-c4cnc(N)c(C(F)(F)F)c4)cc32)C1. The monoisotopic (exact) mass is 431 g/mol. The van der Waals surface area contributed by atoms with Crippen molar-refractivity contribution in [3.63, 3.8) is 0 Å². The quantitative estimate of drug-likeness (QED) is 0.657. The lowest BCUT2D eigenvalue weighted by atomic mass is 9.82. The lowest BCUT2D eigenvalue weighted by molar-refractivity contribution is -0.137. The third-order valence-electron chi connectivity index (χ3n) is 6.69. The van der Waals surface area contributed by atoms with E-state index in [4.69, 9.17) is 5.73 Å². The zero-order valence-corrected chi connectivity index (χ0v) is 17.2. The third kappa shape index (κ3) is 3.29. The van der Waals surface area contributed by atoms with Crippen LogP contribution in [0, 0.1) is 0 Å². The van der Waals surface area contributed by atoms with E-state index >= 15 is 0 Å². The Hall–Kier alpha value is -2.88. The Balaban J connectivity index is 1.44. The maximum Gasteiger partial charge on any atom is 0.419 e. The van der Waals surface area contributed by atoms with Crippen LogP contribution < -0.4 is 5.73 Å². The van der Waals surface area contributed by atoms with E-state index in [2.05, 4.69) is 31.9 Å². The van der Waals surface area contributed by atoms with E-state index in [9.17, 15) is 13.2 Å². The molecule has 1 fully saturated rings. The molecule has 164 valence electrons. The van der Waals surface area contributed by atoms with Gasteiger partial charge in [-0.2, -0.15) is 18.3 Å². The van der Waals surface area contributed by atoms with Crippen LogP contribution in [0.25, 0.3) is 11.3 Å². The summed E-state index contributed by atoms with van der Waals surface area (Å²) in [7, 11) is 0. The molecule has 2 atom stereocenters. The summed E-state index contributed by atoms with van der Waals surface area (Å²) in [5, 5.41) is 4.60. The van der Waals surface area contributed by atoms with Crippen molar-refractivity contribution in [3.8, 4) is 11.3 Å². The molecule has 3 aromatic heterocycles. The number of aromatic amines is 1. The molecule has 7 nitrogen and oxygen atoms in total. The maximum absolute atomic E-state index is 13.3. The van der Waals surface area contributed by atoms with E-state index in [1.54, 1.807) is 6.20 Å². The zero-order chi connectivity index (χ0) is 21.8. The molecule has 0 aromatic carbocycles. The number of halogens is 3. The van der Waals surface area contributed by atoms with E-state index in [-0.39, 0.29) is 11.5 Å². The van der Waals surface area contributed by atoms with Gasteiger partial charge in [0.2, 0.25) is 0 Å². The number of aryl methyl sites for hydroxylation is 1. The van der Waals surface area contributed by atoms with E-state index < -0.39 is 17.6 Å². The fraction of sp³-hybridized carbons (Fsp3) is 0.476. The van der Waals surface area contributed by atoms with Gasteiger partial charge in [0.05, 0.1) is 17.3 Å². The number of aromatic nitrogens is 5. The molecule has 1 unspecified atom stereocenters. The summed E-state index contributed by atoms with van der Waals surface area (Å²) in [4.78, 5) is 13.9. The summed E-state index contributed by atoms with van der Waals surface area (Å²) in [6.07, 6.45) is 3.35. The van der Waals surface area contributed by atoms with Crippen molar-refractivity contribution in [2.75, 3.05) is 18.8 Å². The summed E-state index contributed by atoms with van der Waals surface area (Å²) in [5.41, 5.74) is 6.40. The number of fused-ring (bicyclic) bond motifs is 2. The van der Waals surface area contributed by atoms with Crippen LogP contribution in [0.3, 0.4) is 0 Å². The molecule has 5 heterocycles. The Morgan fingerprint density at radius 1 is 1.23 bits per heavy atom. The largest absolute Gasteiger partial charge is 0.419 e. The molecule has 0 bridgehead atoms. The highest BCUT2D eigenvalue weighted by Crippen LogP contribution is 2.46. The second-order valence-electron chi connectivity index (χ2n) is 8.44. The molecule has 1 spiro atoms. The number of rotatable bonds is 4. The first kappa shape index (κ1) is 20.0. The standard InChI is InChI=1S/C21H24F3N7/c1-2-16(19-26-5-6-27-19)30-7-3-20(12-30)4-8-31-17(20)10-15(29-31)13-9-14(21(22,23)24)18(25)28-11-13/h5-6,9-11,16H,2-4,7-8,12H2,1H3,(H2,25,28)(H,26,27)/t16?,20-/m0/s1. The number of hydrogen-bond acceptors (Lipinski definition) is 5. The molecule has 0 aliphatic carbocycles. The highest BCUT2D eigenvalue weighted by atomic mass is 19.4. The first-order chi connectivity index (χ1) is 14.8. The van der Waals surface area contributed by atoms with Crippen LogP contribution in [-0.2, 0) is 18.1 Å². The first-order valence-electron chi connectivity index (χ1n) is 10.5. The van der Waals surface area contributed by atoms with Crippen molar-refractivity contribution in [1.29, 1.82) is 0 Å². The Kier molecular flexibility index (Phi) is 4.58. The second kappa shape index (κ2) is 7.08. The van der Waals surface area contributed by atoms with Crippen LogP contribution in [-0.4, -0.2) is 42.7 Å². The fourth-order valence-corrected chi connectivity index (χ4v) is 5.11. The number of nitrogens with zero attached hydrogens (tertiary/aromatic N) is 5. The van der Waals surface area contributed by atoms with E-state index in [1.165, 1.54) is 6.20 Å². The molecule has 10 heteroatoms. The molecule has 31 heavy (non-hydrogen) atoms. The summed E-state index contributed by atoms with van der Waals surface area (Å²) in [6, 6.07) is 3.19. The minimum atomic E-state index is -4.55. The van der Waals surface area contributed by atoms with Crippen molar-refractivity contribution in [1.82, 2.24) is 29.6 Å². The van der Waals surface area contributed by atoms with Crippen molar-refractivity contribution in [2.24, 2.45) is 0 Å². The minimum absolute atomic E-state index is 0.0423. The molecule has 1 saturated heterocycles. The molecule has 5 rings (SSSR count). The Morgan fingerprint density at radius 2 is 2.03 bits per heavy atom. The van der Waals surface area contributed by atoms with Crippen molar-refractivity contribution < 1.29 is 13.2 Å². The van der Waals surface area contributed by atoms with E-state index in [1.807, 2.05) is 16.9 Å². The summed E-state index contributed by atoms with van der Waals surface area (Å²) >= 11 is 0. The van der Waals surface area contributed by atoms with Crippen molar-refractivity contribution in [2.45, 2.75) is 50.4 Å². The number of hydrogen-bond donors (Lipinski definition) is 2. The predicted octanol–water partition coefficient (Wildman–Crippen LogP) is 3.77. The van der Waals surface area contributed by atoms with Crippen molar-refractivity contribution >= 4 is 5.82 Å². The molecule has 3 aromatic rings. The Morgan fingerprint density at radius 3 is 2.74 bits per heavy atom. The van der Waals surface area contributed by atoms with Gasteiger partial charge in [0.1, 0.15) is 11.6 Å². The topological polar surface area (TPSA) is 88.7 Å². The van der Waals surface area contributed by atoms with Crippen LogP contribution in [0.15, 0.2) is 30.7 Å². The van der Waals surface area contributed by atoms with Crippen LogP contribution in [0.4, 0.5) is 19.0 Å². The summed E-state index contributed by atoms with van der Waals surface area (Å²) in [5.74, 6) is 0.453. The molecule has 2 aliphatic rings. The van der Waals surface area contributed by atoms with Gasteiger partial charge in [0.15, 0.2) is 0 Å². The maximum atomic E-state index is 13.3. The zero-order valence-electron chi connectivity index (χ0n) is 17.2. The normalized spacial score (nSPS) is 22.3. The summed E-state index contributed by atoms with van der Waals surface area (Å²) in [6.45, 7) is 4.74. The van der Waals surface area contributed by atoms with E-state index in [0.29, 0.717) is 11.3 Å². The lowest BCUT2D eigenvalue weighted by Gasteiger charge is -2.28. The number of anilines is 1. The molecular weight excluding hydrogens is 407 g/mol. The van der Waals surface area contributed by atoms with Crippen molar-refractivity contribution in [3.05, 3.63) is 47.8 Å². The molecule has 2 aliphatic heterocycles. The average Bonchev–Trinajstić information content (AvgIpc) is 3.50. The smallest absolute Gasteiger partial charge is 0.383 e. The lowest BCUT2D eigenvalue weighted by Crippen LogP contribution is -2.32. The predicted molar refractivity (Wildman–Crippen MR) is 109 cm³/mol. The number of H-pyrrole nitrogens is 1. The van der Waals surface area contributed by atoms with Gasteiger partial charge < -0.3 is 10.7 Å². The number of nitrogens with two attached hydrogens (primary N) is 1. The van der Waals surface area contributed by atoms with E-state index in [0.717, 1.165) is 56.5 Å². The van der Waals surface area contributed by atoms with Gasteiger partial charge in [0, 0.05) is 48.4 Å². The van der Waals surface area contributed by atoms with Gasteiger partial charge >= 0.3 is 6.18 Å². The highest BCUT2D eigenvalue weighted by Gasteiger charge is 2.47. The van der Waals surface area contributed by atoms with Gasteiger partial charge in [-0.3, -0.25) is 9.58 Å². The van der Waals surface area contributed by atoms with Crippen LogP contribution in [0.2, 0.25) is 0 Å². The Bertz CT molecular complexity index is 1090. The average molecular weight is 431 g/mol. The molecule has 0 saturated carbocycles. The number of imidazole rings is 1. The number of pyridine rings is 1. The van der Waals surface area contributed by atoms with Gasteiger partial charge in [-0.25, -0.2) is 9.97 Å². The Labute approximate surface area is 177 Å². The molecule has 0 amide bonds. The highest BCUT2D eigenvalue weighted by molar-refractivity contribution is 5.63. The first-order valence-corrected chi connectivity index (χ1v) is 10.5. The number of alkyl halides is 3. The van der Waals surface area contributed by atoms with Crippen LogP contribution in [0.1, 0.15) is 49.3 Å². The second-order valence-corrected chi connectivity index (χ2v) is 8.44. The number of nitrogen functional groups attached to an aromatic ring is 1. The van der Waals surface area contributed by atoms with Crippen LogP contribution >= 0.6 is 0 Å². The van der Waals surface area contributed by atoms with Gasteiger partial charge in [-0.05, 0) is 37.9 Å². The van der Waals surface area contributed by atoms with Gasteiger partial charge in [0.25, 0.3) is 0 Å². The molecule has 3 N–H and O–H groups in total.